The summed E-state index contributed by atoms with van der Waals surface area (Å²) in [6.07, 6.45) is 11.8. The van der Waals surface area contributed by atoms with Gasteiger partial charge in [0.25, 0.3) is 10.2 Å². The van der Waals surface area contributed by atoms with Crippen molar-refractivity contribution in [1.82, 2.24) is 28.0 Å². The van der Waals surface area contributed by atoms with Gasteiger partial charge in [-0.3, -0.25) is 4.40 Å². The van der Waals surface area contributed by atoms with E-state index in [1.807, 2.05) is 10.5 Å². The molecule has 1 atom stereocenters. The summed E-state index contributed by atoms with van der Waals surface area (Å²) in [4.78, 5) is 13.6. The van der Waals surface area contributed by atoms with Crippen molar-refractivity contribution >= 4 is 22.0 Å². The summed E-state index contributed by atoms with van der Waals surface area (Å²) < 4.78 is 35.0. The molecule has 1 aliphatic carbocycles. The second-order valence-corrected chi connectivity index (χ2v) is 10.0. The van der Waals surface area contributed by atoms with E-state index in [1.165, 1.54) is 8.61 Å². The van der Waals surface area contributed by atoms with Gasteiger partial charge >= 0.3 is 5.84 Å². The van der Waals surface area contributed by atoms with E-state index in [0.717, 1.165) is 17.8 Å². The van der Waals surface area contributed by atoms with Gasteiger partial charge in [-0.1, -0.05) is 6.08 Å². The second kappa shape index (κ2) is 8.61. The Bertz CT molecular complexity index is 1330. The molecule has 1 saturated heterocycles. The van der Waals surface area contributed by atoms with Gasteiger partial charge in [-0.2, -0.15) is 22.0 Å². The standard InChI is InChI=1S/C21H25N7O4S/c1-26-9-3-10-27(33(26,30)31)11-8-23-20-22-7-6-17(24-20)19-18(15-4-2-5-16(29)14-15)25-21-28(19)12-13-32-21/h2,5-7,12-15,29H,3-4,8-11H2,1H3,(H,22,23,24). The summed E-state index contributed by atoms with van der Waals surface area (Å²) in [5.41, 5.74) is 2.15. The zero-order chi connectivity index (χ0) is 23.0. The second-order valence-electron chi connectivity index (χ2n) is 8.01. The molecule has 2 N–H and O–H groups in total. The number of nitrogens with zero attached hydrogens (tertiary/aromatic N) is 6. The van der Waals surface area contributed by atoms with Crippen molar-refractivity contribution in [2.45, 2.75) is 18.8 Å². The molecule has 174 valence electrons. The highest BCUT2D eigenvalue weighted by atomic mass is 32.2. The first-order valence-electron chi connectivity index (χ1n) is 10.7. The van der Waals surface area contributed by atoms with Crippen molar-refractivity contribution in [1.29, 1.82) is 0 Å². The summed E-state index contributed by atoms with van der Waals surface area (Å²) >= 11 is 0. The van der Waals surface area contributed by atoms with Gasteiger partial charge in [0.15, 0.2) is 0 Å². The Morgan fingerprint density at radius 1 is 1.30 bits per heavy atom. The number of imidazole rings is 1. The molecule has 33 heavy (non-hydrogen) atoms. The number of aliphatic hydroxyl groups excluding tert-OH is 1. The third-order valence-corrected chi connectivity index (χ3v) is 7.82. The Morgan fingerprint density at radius 2 is 2.18 bits per heavy atom. The van der Waals surface area contributed by atoms with Crippen LogP contribution in [0.25, 0.3) is 17.2 Å². The molecule has 12 heteroatoms. The van der Waals surface area contributed by atoms with E-state index >= 15 is 0 Å². The van der Waals surface area contributed by atoms with E-state index in [2.05, 4.69) is 20.3 Å². The van der Waals surface area contributed by atoms with E-state index in [0.29, 0.717) is 50.1 Å². The lowest BCUT2D eigenvalue weighted by Gasteiger charge is -2.32. The molecule has 0 radical (unpaired) electrons. The number of oxazole rings is 1. The first-order valence-corrected chi connectivity index (χ1v) is 12.1. The zero-order valence-corrected chi connectivity index (χ0v) is 18.9. The SMILES string of the molecule is CN1CCCN(CCNc2nccc(-c3c(C4C=C(O)C=CC4)nc4occn34)n2)S1(=O)=O. The fourth-order valence-electron chi connectivity index (χ4n) is 4.16. The Labute approximate surface area is 191 Å². The summed E-state index contributed by atoms with van der Waals surface area (Å²) in [5, 5.41) is 13.1. The van der Waals surface area contributed by atoms with Crippen LogP contribution in [0.3, 0.4) is 0 Å². The Balaban J connectivity index is 1.38. The van der Waals surface area contributed by atoms with Crippen molar-refractivity contribution < 1.29 is 17.9 Å². The molecule has 1 aliphatic heterocycles. The van der Waals surface area contributed by atoms with E-state index in [1.54, 1.807) is 43.9 Å². The molecule has 3 aromatic heterocycles. The lowest BCUT2D eigenvalue weighted by atomic mass is 9.94. The minimum atomic E-state index is -3.41. The number of aromatic nitrogens is 4. The highest BCUT2D eigenvalue weighted by Gasteiger charge is 2.30. The quantitative estimate of drug-likeness (QED) is 0.560. The number of nitrogens with one attached hydrogen (secondary N) is 1. The molecular formula is C21H25N7O4S. The van der Waals surface area contributed by atoms with Crippen LogP contribution in [0.1, 0.15) is 24.5 Å². The van der Waals surface area contributed by atoms with E-state index in [-0.39, 0.29) is 11.7 Å². The van der Waals surface area contributed by atoms with Crippen LogP contribution in [0.4, 0.5) is 5.95 Å². The third kappa shape index (κ3) is 4.12. The maximum Gasteiger partial charge on any atom is 0.306 e. The fourth-order valence-corrected chi connectivity index (χ4v) is 5.60. The van der Waals surface area contributed by atoms with Gasteiger partial charge in [0.1, 0.15) is 12.0 Å². The number of anilines is 1. The van der Waals surface area contributed by atoms with Crippen molar-refractivity contribution in [3.63, 3.8) is 0 Å². The maximum atomic E-state index is 12.4. The minimum Gasteiger partial charge on any atom is -0.508 e. The summed E-state index contributed by atoms with van der Waals surface area (Å²) in [6.45, 7) is 1.74. The highest BCUT2D eigenvalue weighted by Crippen LogP contribution is 2.34. The number of aliphatic hydroxyl groups is 1. The number of rotatable bonds is 6. The predicted molar refractivity (Wildman–Crippen MR) is 122 cm³/mol. The van der Waals surface area contributed by atoms with Gasteiger partial charge < -0.3 is 14.8 Å². The zero-order valence-electron chi connectivity index (χ0n) is 18.1. The van der Waals surface area contributed by atoms with Crippen LogP contribution in [0.2, 0.25) is 0 Å². The first-order chi connectivity index (χ1) is 15.9. The highest BCUT2D eigenvalue weighted by molar-refractivity contribution is 7.86. The van der Waals surface area contributed by atoms with Crippen LogP contribution in [0.15, 0.2) is 53.1 Å². The lowest BCUT2D eigenvalue weighted by molar-refractivity contribution is 0.313. The molecule has 5 rings (SSSR count). The number of allylic oxidation sites excluding steroid dienone is 3. The topological polar surface area (TPSA) is 129 Å². The fraction of sp³-hybridized carbons (Fsp3) is 0.381. The molecule has 2 aliphatic rings. The molecule has 0 bridgehead atoms. The van der Waals surface area contributed by atoms with Crippen LogP contribution in [0.5, 0.6) is 0 Å². The molecule has 0 spiro atoms. The first kappa shape index (κ1) is 21.6. The monoisotopic (exact) mass is 471 g/mol. The molecule has 1 fully saturated rings. The molecule has 0 aromatic carbocycles. The predicted octanol–water partition coefficient (Wildman–Crippen LogP) is 2.16. The van der Waals surface area contributed by atoms with Gasteiger partial charge in [-0.25, -0.2) is 9.97 Å². The van der Waals surface area contributed by atoms with Gasteiger partial charge in [-0.15, -0.1) is 0 Å². The summed E-state index contributed by atoms with van der Waals surface area (Å²) in [6, 6.07) is 1.79. The molecule has 1 unspecified atom stereocenters. The van der Waals surface area contributed by atoms with Crippen LogP contribution < -0.4 is 5.32 Å². The van der Waals surface area contributed by atoms with Crippen molar-refractivity contribution in [2.24, 2.45) is 0 Å². The van der Waals surface area contributed by atoms with Crippen LogP contribution >= 0.6 is 0 Å². The van der Waals surface area contributed by atoms with E-state index < -0.39 is 10.2 Å². The number of hydrogen-bond acceptors (Lipinski definition) is 8. The van der Waals surface area contributed by atoms with Gasteiger partial charge in [0.2, 0.25) is 5.95 Å². The summed E-state index contributed by atoms with van der Waals surface area (Å²) in [5.74, 6) is 0.912. The Kier molecular flexibility index (Phi) is 5.64. The van der Waals surface area contributed by atoms with E-state index in [9.17, 15) is 13.5 Å². The summed E-state index contributed by atoms with van der Waals surface area (Å²) in [7, 11) is -1.81. The number of fused-ring (bicyclic) bond motifs is 1. The Morgan fingerprint density at radius 3 is 3.03 bits per heavy atom. The average Bonchev–Trinajstić information content (AvgIpc) is 3.38. The van der Waals surface area contributed by atoms with Crippen LogP contribution in [-0.2, 0) is 10.2 Å². The third-order valence-electron chi connectivity index (χ3n) is 5.83. The molecule has 4 heterocycles. The molecule has 3 aromatic rings. The maximum absolute atomic E-state index is 12.4. The van der Waals surface area contributed by atoms with Crippen molar-refractivity contribution in [3.05, 3.63) is 54.4 Å². The lowest BCUT2D eigenvalue weighted by Crippen LogP contribution is -2.49. The molecular weight excluding hydrogens is 446 g/mol. The van der Waals surface area contributed by atoms with Crippen LogP contribution in [0, 0.1) is 0 Å². The molecule has 0 saturated carbocycles. The smallest absolute Gasteiger partial charge is 0.306 e. The van der Waals surface area contributed by atoms with Gasteiger partial charge in [0.05, 0.1) is 17.1 Å². The van der Waals surface area contributed by atoms with E-state index in [4.69, 9.17) is 4.42 Å². The van der Waals surface area contributed by atoms with Gasteiger partial charge in [-0.05, 0) is 31.1 Å². The molecule has 11 nitrogen and oxygen atoms in total. The Hall–Kier alpha value is -3.22. The molecule has 0 amide bonds. The largest absolute Gasteiger partial charge is 0.508 e. The average molecular weight is 472 g/mol. The van der Waals surface area contributed by atoms with Crippen molar-refractivity contribution in [2.75, 3.05) is 38.5 Å². The van der Waals surface area contributed by atoms with Crippen molar-refractivity contribution in [3.8, 4) is 11.4 Å². The number of hydrogen-bond donors (Lipinski definition) is 2. The van der Waals surface area contributed by atoms with Gasteiger partial charge in [0, 0.05) is 51.5 Å². The normalized spacial score (nSPS) is 21.4. The van der Waals surface area contributed by atoms with Crippen LogP contribution in [-0.4, -0.2) is 74.7 Å². The minimum absolute atomic E-state index is 0.118.